The Labute approximate surface area is 99.2 Å². The van der Waals surface area contributed by atoms with Crippen LogP contribution in [-0.2, 0) is 6.54 Å². The van der Waals surface area contributed by atoms with Crippen molar-refractivity contribution < 1.29 is 0 Å². The van der Waals surface area contributed by atoms with E-state index >= 15 is 0 Å². The molecule has 92 valence electrons. The molecular weight excluding hydrogens is 198 g/mol. The molecule has 0 fully saturated rings. The van der Waals surface area contributed by atoms with Gasteiger partial charge in [-0.25, -0.2) is 0 Å². The third kappa shape index (κ3) is 4.79. The maximum Gasteiger partial charge on any atom is 0.0537 e. The van der Waals surface area contributed by atoms with Crippen LogP contribution in [0.15, 0.2) is 12.3 Å². The van der Waals surface area contributed by atoms with Crippen LogP contribution in [0.4, 0.5) is 0 Å². The monoisotopic (exact) mass is 223 g/mol. The Bertz CT molecular complexity index is 291. The summed E-state index contributed by atoms with van der Waals surface area (Å²) < 4.78 is 2.04. The molecule has 0 spiro atoms. The zero-order chi connectivity index (χ0) is 12.0. The fourth-order valence-corrected chi connectivity index (χ4v) is 1.74. The first-order chi connectivity index (χ1) is 7.59. The van der Waals surface area contributed by atoms with Crippen molar-refractivity contribution in [1.29, 1.82) is 0 Å². The van der Waals surface area contributed by atoms with E-state index in [1.807, 2.05) is 16.9 Å². The lowest BCUT2D eigenvalue weighted by molar-refractivity contribution is 0.433. The lowest BCUT2D eigenvalue weighted by atomic mass is 10.0. The first-order valence-electron chi connectivity index (χ1n) is 6.31. The van der Waals surface area contributed by atoms with Gasteiger partial charge < -0.3 is 5.32 Å². The molecule has 1 N–H and O–H groups in total. The fraction of sp³-hybridized carbons (Fsp3) is 0.769. The van der Waals surface area contributed by atoms with E-state index in [2.05, 4.69) is 38.1 Å². The van der Waals surface area contributed by atoms with E-state index in [0.29, 0.717) is 6.04 Å². The quantitative estimate of drug-likeness (QED) is 0.770. The van der Waals surface area contributed by atoms with E-state index in [1.54, 1.807) is 0 Å². The number of aryl methyl sites for hydroxylation is 1. The molecule has 1 heterocycles. The van der Waals surface area contributed by atoms with Crippen LogP contribution >= 0.6 is 0 Å². The van der Waals surface area contributed by atoms with Crippen LogP contribution < -0.4 is 5.32 Å². The minimum atomic E-state index is 0.610. The zero-order valence-corrected chi connectivity index (χ0v) is 11.0. The molecule has 16 heavy (non-hydrogen) atoms. The van der Waals surface area contributed by atoms with Crippen molar-refractivity contribution in [3.63, 3.8) is 0 Å². The minimum absolute atomic E-state index is 0.610. The van der Waals surface area contributed by atoms with Crippen LogP contribution in [0.1, 0.15) is 39.3 Å². The van der Waals surface area contributed by atoms with Crippen LogP contribution in [0.3, 0.4) is 0 Å². The van der Waals surface area contributed by atoms with Crippen molar-refractivity contribution in [1.82, 2.24) is 15.1 Å². The number of hydrogen-bond acceptors (Lipinski definition) is 2. The molecule has 0 radical (unpaired) electrons. The molecule has 1 rings (SSSR count). The third-order valence-electron chi connectivity index (χ3n) is 2.92. The number of nitrogens with one attached hydrogen (secondary N) is 1. The molecule has 1 aromatic heterocycles. The average Bonchev–Trinajstić information content (AvgIpc) is 2.61. The number of nitrogens with zero attached hydrogens (tertiary/aromatic N) is 2. The van der Waals surface area contributed by atoms with Crippen LogP contribution in [0.2, 0.25) is 0 Å². The summed E-state index contributed by atoms with van der Waals surface area (Å²) in [5.41, 5.74) is 1.23. The second kappa shape index (κ2) is 6.69. The highest BCUT2D eigenvalue weighted by atomic mass is 15.3. The molecule has 1 atom stereocenters. The Kier molecular flexibility index (Phi) is 5.53. The minimum Gasteiger partial charge on any atom is -0.312 e. The predicted molar refractivity (Wildman–Crippen MR) is 68.5 cm³/mol. The molecule has 3 heteroatoms. The largest absolute Gasteiger partial charge is 0.312 e. The van der Waals surface area contributed by atoms with Crippen LogP contribution in [0.25, 0.3) is 0 Å². The lowest BCUT2D eigenvalue weighted by Crippen LogP contribution is -2.30. The van der Waals surface area contributed by atoms with Gasteiger partial charge in [0.2, 0.25) is 0 Å². The van der Waals surface area contributed by atoms with Gasteiger partial charge in [-0.15, -0.1) is 0 Å². The van der Waals surface area contributed by atoms with E-state index in [0.717, 1.165) is 19.0 Å². The highest BCUT2D eigenvalue weighted by Gasteiger charge is 2.03. The van der Waals surface area contributed by atoms with Crippen molar-refractivity contribution in [3.8, 4) is 0 Å². The second-order valence-corrected chi connectivity index (χ2v) is 5.02. The molecule has 0 aliphatic rings. The van der Waals surface area contributed by atoms with Gasteiger partial charge in [0.15, 0.2) is 0 Å². The summed E-state index contributed by atoms with van der Waals surface area (Å²) in [5, 5.41) is 7.81. The molecule has 1 aromatic rings. The smallest absolute Gasteiger partial charge is 0.0537 e. The molecular formula is C13H25N3. The van der Waals surface area contributed by atoms with Gasteiger partial charge in [-0.1, -0.05) is 13.8 Å². The Morgan fingerprint density at radius 3 is 2.62 bits per heavy atom. The summed E-state index contributed by atoms with van der Waals surface area (Å²) in [4.78, 5) is 0. The van der Waals surface area contributed by atoms with Gasteiger partial charge >= 0.3 is 0 Å². The van der Waals surface area contributed by atoms with Crippen molar-refractivity contribution in [2.75, 3.05) is 6.54 Å². The molecule has 0 bridgehead atoms. The predicted octanol–water partition coefficient (Wildman–Crippen LogP) is 2.61. The Morgan fingerprint density at radius 1 is 1.31 bits per heavy atom. The Hall–Kier alpha value is -0.830. The summed E-state index contributed by atoms with van der Waals surface area (Å²) in [6.45, 7) is 10.9. The summed E-state index contributed by atoms with van der Waals surface area (Å²) in [6.07, 6.45) is 4.42. The molecule has 0 saturated carbocycles. The van der Waals surface area contributed by atoms with Crippen LogP contribution in [-0.4, -0.2) is 22.4 Å². The highest BCUT2D eigenvalue weighted by Crippen LogP contribution is 2.06. The van der Waals surface area contributed by atoms with Crippen molar-refractivity contribution in [2.45, 2.75) is 53.1 Å². The van der Waals surface area contributed by atoms with Gasteiger partial charge in [-0.3, -0.25) is 4.68 Å². The molecule has 0 amide bonds. The first kappa shape index (κ1) is 13.2. The third-order valence-corrected chi connectivity index (χ3v) is 2.92. The van der Waals surface area contributed by atoms with Gasteiger partial charge in [0.25, 0.3) is 0 Å². The second-order valence-electron chi connectivity index (χ2n) is 5.02. The molecule has 0 aromatic carbocycles. The van der Waals surface area contributed by atoms with E-state index in [-0.39, 0.29) is 0 Å². The number of aromatic nitrogens is 2. The van der Waals surface area contributed by atoms with Crippen molar-refractivity contribution >= 4 is 0 Å². The Balaban J connectivity index is 2.13. The number of rotatable bonds is 7. The van der Waals surface area contributed by atoms with Gasteiger partial charge in [0.1, 0.15) is 0 Å². The molecule has 0 aliphatic heterocycles. The summed E-state index contributed by atoms with van der Waals surface area (Å²) in [6, 6.07) is 2.65. The normalized spacial score (nSPS) is 13.3. The van der Waals surface area contributed by atoms with Gasteiger partial charge in [-0.05, 0) is 38.7 Å². The molecule has 0 aliphatic carbocycles. The lowest BCUT2D eigenvalue weighted by Gasteiger charge is -2.15. The SMILES string of the molecule is Cc1ccnn1CCNC(C)CCC(C)C. The van der Waals surface area contributed by atoms with E-state index < -0.39 is 0 Å². The maximum atomic E-state index is 4.26. The first-order valence-corrected chi connectivity index (χ1v) is 6.31. The van der Waals surface area contributed by atoms with Crippen molar-refractivity contribution in [3.05, 3.63) is 18.0 Å². The zero-order valence-electron chi connectivity index (χ0n) is 11.0. The Morgan fingerprint density at radius 2 is 2.06 bits per heavy atom. The molecule has 3 nitrogen and oxygen atoms in total. The van der Waals surface area contributed by atoms with E-state index in [1.165, 1.54) is 18.5 Å². The fourth-order valence-electron chi connectivity index (χ4n) is 1.74. The van der Waals surface area contributed by atoms with E-state index in [9.17, 15) is 0 Å². The molecule has 0 saturated heterocycles. The van der Waals surface area contributed by atoms with E-state index in [4.69, 9.17) is 0 Å². The number of hydrogen-bond donors (Lipinski definition) is 1. The maximum absolute atomic E-state index is 4.26. The van der Waals surface area contributed by atoms with Gasteiger partial charge in [-0.2, -0.15) is 5.10 Å². The topological polar surface area (TPSA) is 29.9 Å². The van der Waals surface area contributed by atoms with Crippen LogP contribution in [0.5, 0.6) is 0 Å². The standard InChI is InChI=1S/C13H25N3/c1-11(2)5-6-12(3)14-9-10-16-13(4)7-8-15-16/h7-8,11-12,14H,5-6,9-10H2,1-4H3. The van der Waals surface area contributed by atoms with Gasteiger partial charge in [0, 0.05) is 24.5 Å². The van der Waals surface area contributed by atoms with Crippen molar-refractivity contribution in [2.24, 2.45) is 5.92 Å². The van der Waals surface area contributed by atoms with Gasteiger partial charge in [0.05, 0.1) is 6.54 Å². The summed E-state index contributed by atoms with van der Waals surface area (Å²) in [7, 11) is 0. The highest BCUT2D eigenvalue weighted by molar-refractivity contribution is 4.96. The summed E-state index contributed by atoms with van der Waals surface area (Å²) >= 11 is 0. The van der Waals surface area contributed by atoms with Crippen LogP contribution in [0, 0.1) is 12.8 Å². The summed E-state index contributed by atoms with van der Waals surface area (Å²) in [5.74, 6) is 0.803. The average molecular weight is 223 g/mol. The molecule has 1 unspecified atom stereocenters.